The second-order valence-corrected chi connectivity index (χ2v) is 11.6. The Labute approximate surface area is 227 Å². The van der Waals surface area contributed by atoms with Crippen LogP contribution in [0.3, 0.4) is 0 Å². The first-order chi connectivity index (χ1) is 18.0. The Kier molecular flexibility index (Phi) is 9.99. The molecule has 2 N–H and O–H groups in total. The lowest BCUT2D eigenvalue weighted by Crippen LogP contribution is -2.53. The number of carbonyl (C=O) groups is 4. The number of benzene rings is 1. The maximum absolute atomic E-state index is 13.3. The van der Waals surface area contributed by atoms with Crippen LogP contribution in [-0.2, 0) is 25.5 Å². The van der Waals surface area contributed by atoms with Crippen LogP contribution in [0.5, 0.6) is 0 Å². The zero-order valence-electron chi connectivity index (χ0n) is 22.3. The molecule has 8 nitrogen and oxygen atoms in total. The van der Waals surface area contributed by atoms with E-state index in [9.17, 15) is 19.2 Å². The molecule has 3 atom stereocenters. The maximum atomic E-state index is 13.3. The molecule has 0 bridgehead atoms. The zero-order valence-corrected chi connectivity index (χ0v) is 23.1. The van der Waals surface area contributed by atoms with E-state index in [0.717, 1.165) is 10.4 Å². The molecule has 0 radical (unpaired) electrons. The van der Waals surface area contributed by atoms with E-state index in [0.29, 0.717) is 12.8 Å². The van der Waals surface area contributed by atoms with Crippen molar-refractivity contribution in [1.29, 1.82) is 0 Å². The second kappa shape index (κ2) is 13.0. The van der Waals surface area contributed by atoms with Gasteiger partial charge in [0.2, 0.25) is 5.91 Å². The van der Waals surface area contributed by atoms with Crippen molar-refractivity contribution in [3.63, 3.8) is 0 Å². The molecule has 2 aromatic rings. The van der Waals surface area contributed by atoms with Crippen LogP contribution in [0.1, 0.15) is 60.6 Å². The topological polar surface area (TPSA) is 113 Å². The Morgan fingerprint density at radius 2 is 1.87 bits per heavy atom. The van der Waals surface area contributed by atoms with Crippen LogP contribution in [0.4, 0.5) is 0 Å². The van der Waals surface area contributed by atoms with Gasteiger partial charge in [-0.15, -0.1) is 11.3 Å². The van der Waals surface area contributed by atoms with Crippen molar-refractivity contribution in [1.82, 2.24) is 10.2 Å². The monoisotopic (exact) mass is 540 g/mol. The highest BCUT2D eigenvalue weighted by atomic mass is 32.1. The average molecular weight is 541 g/mol. The number of nitrogens with zero attached hydrogens (tertiary/aromatic N) is 1. The summed E-state index contributed by atoms with van der Waals surface area (Å²) in [6.07, 6.45) is 4.85. The van der Waals surface area contributed by atoms with E-state index >= 15 is 0 Å². The Morgan fingerprint density at radius 3 is 2.53 bits per heavy atom. The van der Waals surface area contributed by atoms with Crippen LogP contribution in [-0.4, -0.2) is 64.4 Å². The molecule has 9 heteroatoms. The van der Waals surface area contributed by atoms with Crippen molar-refractivity contribution in [2.75, 3.05) is 13.2 Å². The van der Waals surface area contributed by atoms with Gasteiger partial charge >= 0.3 is 5.97 Å². The number of rotatable bonds is 10. The van der Waals surface area contributed by atoms with Crippen LogP contribution in [0, 0.1) is 5.92 Å². The molecule has 1 aromatic carbocycles. The van der Waals surface area contributed by atoms with E-state index < -0.39 is 41.3 Å². The molecule has 1 saturated heterocycles. The van der Waals surface area contributed by atoms with Gasteiger partial charge in [0.1, 0.15) is 17.7 Å². The van der Waals surface area contributed by atoms with E-state index in [-0.39, 0.29) is 30.4 Å². The Hall–Kier alpha value is -3.30. The van der Waals surface area contributed by atoms with Crippen LogP contribution in [0.25, 0.3) is 6.08 Å². The summed E-state index contributed by atoms with van der Waals surface area (Å²) >= 11 is 1.18. The third-order valence-electron chi connectivity index (χ3n) is 6.03. The molecule has 38 heavy (non-hydrogen) atoms. The third kappa shape index (κ3) is 8.10. The average Bonchev–Trinajstić information content (AvgIpc) is 3.55. The summed E-state index contributed by atoms with van der Waals surface area (Å²) in [6.45, 7) is 7.44. The number of hydrogen-bond acceptors (Lipinski definition) is 7. The van der Waals surface area contributed by atoms with Gasteiger partial charge < -0.3 is 20.1 Å². The molecule has 1 fully saturated rings. The lowest BCUT2D eigenvalue weighted by Gasteiger charge is -2.27. The first kappa shape index (κ1) is 29.3. The SMILES string of the molecule is C[C@H](/C=C/c1ccc(C(=O)C(=O)N2CCC[C@H]2C(=O)N[C@@H](Cc2ccccc2)C(=O)OC(C)(C)C)s1)CO. The van der Waals surface area contributed by atoms with E-state index in [1.54, 1.807) is 32.9 Å². The van der Waals surface area contributed by atoms with E-state index in [1.807, 2.05) is 49.4 Å². The molecule has 0 aliphatic carbocycles. The van der Waals surface area contributed by atoms with Gasteiger partial charge in [-0.25, -0.2) is 4.79 Å². The fraction of sp³-hybridized carbons (Fsp3) is 0.448. The highest BCUT2D eigenvalue weighted by Gasteiger charge is 2.39. The summed E-state index contributed by atoms with van der Waals surface area (Å²) in [5, 5.41) is 12.0. The van der Waals surface area contributed by atoms with Gasteiger partial charge in [0.05, 0.1) is 4.88 Å². The van der Waals surface area contributed by atoms with E-state index in [2.05, 4.69) is 5.32 Å². The summed E-state index contributed by atoms with van der Waals surface area (Å²) in [6, 6.07) is 10.8. The van der Waals surface area contributed by atoms with Gasteiger partial charge in [0, 0.05) is 24.4 Å². The molecular weight excluding hydrogens is 504 g/mol. The lowest BCUT2D eigenvalue weighted by atomic mass is 10.0. The maximum Gasteiger partial charge on any atom is 0.329 e. The zero-order chi connectivity index (χ0) is 27.9. The number of Topliss-reactive ketones (excluding diaryl/α,β-unsaturated/α-hetero) is 1. The highest BCUT2D eigenvalue weighted by molar-refractivity contribution is 7.15. The van der Waals surface area contributed by atoms with Crippen LogP contribution in [0.15, 0.2) is 48.5 Å². The smallest absolute Gasteiger partial charge is 0.329 e. The van der Waals surface area contributed by atoms with Crippen LogP contribution in [0.2, 0.25) is 0 Å². The number of carbonyl (C=O) groups excluding carboxylic acids is 4. The number of ether oxygens (including phenoxy) is 1. The van der Waals surface area contributed by atoms with Crippen molar-refractivity contribution in [2.24, 2.45) is 5.92 Å². The summed E-state index contributed by atoms with van der Waals surface area (Å²) < 4.78 is 5.54. The van der Waals surface area contributed by atoms with Crippen LogP contribution < -0.4 is 5.32 Å². The summed E-state index contributed by atoms with van der Waals surface area (Å²) in [5.41, 5.74) is 0.123. The van der Waals surface area contributed by atoms with Crippen molar-refractivity contribution in [3.05, 3.63) is 63.9 Å². The number of aliphatic hydroxyl groups is 1. The van der Waals surface area contributed by atoms with Gasteiger partial charge in [0.25, 0.3) is 11.7 Å². The number of esters is 1. The minimum absolute atomic E-state index is 0.0185. The number of hydrogen-bond donors (Lipinski definition) is 2. The quantitative estimate of drug-likeness (QED) is 0.270. The molecule has 0 unspecified atom stereocenters. The number of amides is 2. The fourth-order valence-corrected chi connectivity index (χ4v) is 4.94. The predicted molar refractivity (Wildman–Crippen MR) is 147 cm³/mol. The Morgan fingerprint density at radius 1 is 1.16 bits per heavy atom. The molecule has 0 saturated carbocycles. The first-order valence-corrected chi connectivity index (χ1v) is 13.6. The molecule has 0 spiro atoms. The van der Waals surface area contributed by atoms with Gasteiger partial charge in [0.15, 0.2) is 0 Å². The van der Waals surface area contributed by atoms with E-state index in [4.69, 9.17) is 9.84 Å². The van der Waals surface area contributed by atoms with E-state index in [1.165, 1.54) is 16.2 Å². The predicted octanol–water partition coefficient (Wildman–Crippen LogP) is 3.63. The van der Waals surface area contributed by atoms with Crippen molar-refractivity contribution < 1.29 is 29.0 Å². The van der Waals surface area contributed by atoms with Crippen molar-refractivity contribution in [2.45, 2.75) is 64.6 Å². The largest absolute Gasteiger partial charge is 0.458 e. The highest BCUT2D eigenvalue weighted by Crippen LogP contribution is 2.24. The second-order valence-electron chi connectivity index (χ2n) is 10.5. The normalized spacial score (nSPS) is 17.3. The van der Waals surface area contributed by atoms with Crippen LogP contribution >= 0.6 is 11.3 Å². The first-order valence-electron chi connectivity index (χ1n) is 12.8. The molecule has 3 rings (SSSR count). The Bertz CT molecular complexity index is 1170. The minimum atomic E-state index is -0.940. The summed E-state index contributed by atoms with van der Waals surface area (Å²) in [7, 11) is 0. The molecular formula is C29H36N2O6S. The standard InChI is InChI=1S/C29H36N2O6S/c1-19(18-32)12-13-21-14-15-24(38-21)25(33)27(35)31-16-8-11-23(31)26(34)30-22(28(36)37-29(2,3)4)17-20-9-6-5-7-10-20/h5-7,9-10,12-15,19,22-23,32H,8,11,16-18H2,1-4H3,(H,30,34)/b13-12+/t19-,22+,23+/m1/s1. The lowest BCUT2D eigenvalue weighted by molar-refractivity contribution is -0.159. The Balaban J connectivity index is 1.72. The van der Waals surface area contributed by atoms with Gasteiger partial charge in [-0.1, -0.05) is 43.3 Å². The number of ketones is 1. The van der Waals surface area contributed by atoms with Gasteiger partial charge in [-0.2, -0.15) is 0 Å². The minimum Gasteiger partial charge on any atom is -0.458 e. The molecule has 1 aromatic heterocycles. The molecule has 2 heterocycles. The number of likely N-dealkylation sites (tertiary alicyclic amines) is 1. The summed E-state index contributed by atoms with van der Waals surface area (Å²) in [5.74, 6) is -2.47. The molecule has 2 amide bonds. The van der Waals surface area contributed by atoms with Gasteiger partial charge in [-0.3, -0.25) is 14.4 Å². The van der Waals surface area contributed by atoms with Gasteiger partial charge in [-0.05, 0) is 63.3 Å². The molecule has 1 aliphatic heterocycles. The number of thiophene rings is 1. The van der Waals surface area contributed by atoms with Crippen molar-refractivity contribution in [3.8, 4) is 0 Å². The number of aliphatic hydroxyl groups excluding tert-OH is 1. The molecule has 1 aliphatic rings. The molecule has 204 valence electrons. The fourth-order valence-electron chi connectivity index (χ4n) is 4.09. The number of nitrogens with one attached hydrogen (secondary N) is 1. The third-order valence-corrected chi connectivity index (χ3v) is 7.08. The summed E-state index contributed by atoms with van der Waals surface area (Å²) in [4.78, 5) is 54.8. The van der Waals surface area contributed by atoms with Crippen molar-refractivity contribution >= 4 is 41.0 Å².